The molecule has 30 heavy (non-hydrogen) atoms. The lowest BCUT2D eigenvalue weighted by atomic mass is 9.78. The number of hydrogen-bond donors (Lipinski definition) is 0. The number of benzene rings is 1. The minimum atomic E-state index is -0.342. The van der Waals surface area contributed by atoms with Crippen LogP contribution in [0.2, 0.25) is 0 Å². The molecule has 1 saturated heterocycles. The lowest BCUT2D eigenvalue weighted by molar-refractivity contribution is 0.0139. The fraction of sp³-hybridized carbons (Fsp3) is 0.583. The quantitative estimate of drug-likeness (QED) is 0.743. The van der Waals surface area contributed by atoms with Crippen molar-refractivity contribution in [3.05, 3.63) is 29.0 Å². The van der Waals surface area contributed by atoms with Gasteiger partial charge in [-0.2, -0.15) is 0 Å². The van der Waals surface area contributed by atoms with Gasteiger partial charge in [0.1, 0.15) is 16.9 Å². The summed E-state index contributed by atoms with van der Waals surface area (Å²) in [6.07, 6.45) is 5.73. The number of fused-ring (bicyclic) bond motifs is 3. The number of hydrogen-bond acceptors (Lipinski definition) is 5. The Balaban J connectivity index is 1.49. The number of rotatable bonds is 2. The van der Waals surface area contributed by atoms with Crippen LogP contribution in [0.1, 0.15) is 71.9 Å². The van der Waals surface area contributed by atoms with Crippen molar-refractivity contribution in [2.75, 3.05) is 32.7 Å². The SMILES string of the molecule is CCN1CCN(C(=O)c2oc3ccc4c(c3c2C)C(=O)CC2(CCCCC2)O4)CC1. The Hall–Kier alpha value is -2.34. The van der Waals surface area contributed by atoms with Crippen molar-refractivity contribution in [3.63, 3.8) is 0 Å². The minimum Gasteiger partial charge on any atom is -0.486 e. The monoisotopic (exact) mass is 410 g/mol. The molecule has 1 aromatic heterocycles. The third kappa shape index (κ3) is 3.13. The molecule has 0 radical (unpaired) electrons. The summed E-state index contributed by atoms with van der Waals surface area (Å²) in [5.74, 6) is 1.04. The number of furan rings is 1. The first-order chi connectivity index (χ1) is 14.5. The Kier molecular flexibility index (Phi) is 4.85. The number of Topliss-reactive ketones (excluding diaryl/α,β-unsaturated/α-hetero) is 1. The molecule has 1 aromatic carbocycles. The van der Waals surface area contributed by atoms with Crippen LogP contribution in [0, 0.1) is 6.92 Å². The fourth-order valence-electron chi connectivity index (χ4n) is 5.42. The summed E-state index contributed by atoms with van der Waals surface area (Å²) >= 11 is 0. The first-order valence-electron chi connectivity index (χ1n) is 11.3. The van der Waals surface area contributed by atoms with Gasteiger partial charge in [0.15, 0.2) is 11.5 Å². The summed E-state index contributed by atoms with van der Waals surface area (Å²) in [6, 6.07) is 3.70. The second-order valence-corrected chi connectivity index (χ2v) is 9.04. The molecule has 0 unspecified atom stereocenters. The van der Waals surface area contributed by atoms with Gasteiger partial charge in [-0.1, -0.05) is 13.3 Å². The Morgan fingerprint density at radius 1 is 1.10 bits per heavy atom. The van der Waals surface area contributed by atoms with Gasteiger partial charge in [0.05, 0.1) is 12.0 Å². The molecular weight excluding hydrogens is 380 g/mol. The van der Waals surface area contributed by atoms with E-state index in [-0.39, 0.29) is 17.3 Å². The van der Waals surface area contributed by atoms with Gasteiger partial charge < -0.3 is 19.0 Å². The van der Waals surface area contributed by atoms with Gasteiger partial charge in [-0.25, -0.2) is 0 Å². The average Bonchev–Trinajstić information content (AvgIpc) is 3.10. The van der Waals surface area contributed by atoms with Crippen molar-refractivity contribution < 1.29 is 18.7 Å². The van der Waals surface area contributed by atoms with Crippen molar-refractivity contribution in [2.24, 2.45) is 0 Å². The highest BCUT2D eigenvalue weighted by atomic mass is 16.5. The third-order valence-corrected chi connectivity index (χ3v) is 7.21. The predicted octanol–water partition coefficient (Wildman–Crippen LogP) is 4.19. The summed E-state index contributed by atoms with van der Waals surface area (Å²) in [4.78, 5) is 30.6. The van der Waals surface area contributed by atoms with Crippen LogP contribution in [-0.4, -0.2) is 59.8 Å². The van der Waals surface area contributed by atoms with Gasteiger partial charge in [0.25, 0.3) is 5.91 Å². The number of piperazine rings is 1. The van der Waals surface area contributed by atoms with E-state index in [4.69, 9.17) is 9.15 Å². The van der Waals surface area contributed by atoms with E-state index in [1.807, 2.05) is 24.0 Å². The van der Waals surface area contributed by atoms with E-state index in [0.717, 1.165) is 56.3 Å². The highest BCUT2D eigenvalue weighted by Crippen LogP contribution is 2.45. The fourth-order valence-corrected chi connectivity index (χ4v) is 5.42. The number of amides is 1. The maximum absolute atomic E-state index is 13.3. The smallest absolute Gasteiger partial charge is 0.289 e. The van der Waals surface area contributed by atoms with Gasteiger partial charge in [-0.15, -0.1) is 0 Å². The van der Waals surface area contributed by atoms with E-state index >= 15 is 0 Å². The van der Waals surface area contributed by atoms with Crippen LogP contribution in [0.4, 0.5) is 0 Å². The van der Waals surface area contributed by atoms with Crippen LogP contribution in [0.5, 0.6) is 5.75 Å². The van der Waals surface area contributed by atoms with Gasteiger partial charge in [-0.05, 0) is 51.3 Å². The number of ketones is 1. The molecule has 1 amide bonds. The van der Waals surface area contributed by atoms with Gasteiger partial charge in [0, 0.05) is 37.1 Å². The van der Waals surface area contributed by atoms with Crippen molar-refractivity contribution in [3.8, 4) is 5.75 Å². The molecule has 3 heterocycles. The largest absolute Gasteiger partial charge is 0.486 e. The molecule has 5 rings (SSSR count). The van der Waals surface area contributed by atoms with E-state index in [9.17, 15) is 9.59 Å². The zero-order valence-electron chi connectivity index (χ0n) is 18.0. The topological polar surface area (TPSA) is 63.0 Å². The Bertz CT molecular complexity index is 994. The molecule has 3 aliphatic rings. The molecule has 2 aliphatic heterocycles. The predicted molar refractivity (Wildman–Crippen MR) is 114 cm³/mol. The first-order valence-corrected chi connectivity index (χ1v) is 11.3. The number of carbonyl (C=O) groups excluding carboxylic acids is 2. The normalized spacial score (nSPS) is 21.7. The van der Waals surface area contributed by atoms with Crippen LogP contribution in [0.25, 0.3) is 11.0 Å². The standard InChI is InChI=1S/C24H30N2O4/c1-3-25-11-13-26(14-12-25)23(28)22-16(2)20-18(29-22)7-8-19-21(20)17(27)15-24(30-19)9-5-4-6-10-24/h7-8H,3-6,9-15H2,1-2H3. The highest BCUT2D eigenvalue weighted by molar-refractivity contribution is 6.13. The van der Waals surface area contributed by atoms with Crippen molar-refractivity contribution in [1.29, 1.82) is 0 Å². The van der Waals surface area contributed by atoms with E-state index in [1.54, 1.807) is 0 Å². The number of likely N-dealkylation sites (N-methyl/N-ethyl adjacent to an activating group) is 1. The minimum absolute atomic E-state index is 0.0823. The zero-order chi connectivity index (χ0) is 20.9. The lowest BCUT2D eigenvalue weighted by Gasteiger charge is -2.40. The van der Waals surface area contributed by atoms with E-state index in [1.165, 1.54) is 6.42 Å². The number of ether oxygens (including phenoxy) is 1. The Labute approximate surface area is 177 Å². The van der Waals surface area contributed by atoms with Crippen molar-refractivity contribution >= 4 is 22.7 Å². The second kappa shape index (κ2) is 7.41. The summed E-state index contributed by atoms with van der Waals surface area (Å²) < 4.78 is 12.4. The molecule has 0 bridgehead atoms. The molecule has 1 aliphatic carbocycles. The number of nitrogens with zero attached hydrogens (tertiary/aromatic N) is 2. The third-order valence-electron chi connectivity index (χ3n) is 7.21. The van der Waals surface area contributed by atoms with E-state index in [2.05, 4.69) is 11.8 Å². The summed E-state index contributed by atoms with van der Waals surface area (Å²) in [7, 11) is 0. The van der Waals surface area contributed by atoms with Crippen molar-refractivity contribution in [1.82, 2.24) is 9.80 Å². The van der Waals surface area contributed by atoms with Gasteiger partial charge >= 0.3 is 0 Å². The molecule has 0 atom stereocenters. The maximum Gasteiger partial charge on any atom is 0.289 e. The molecule has 1 saturated carbocycles. The number of aryl methyl sites for hydroxylation is 1. The highest BCUT2D eigenvalue weighted by Gasteiger charge is 2.42. The summed E-state index contributed by atoms with van der Waals surface area (Å²) in [6.45, 7) is 8.19. The van der Waals surface area contributed by atoms with E-state index < -0.39 is 0 Å². The molecule has 160 valence electrons. The van der Waals surface area contributed by atoms with Crippen LogP contribution in [0.3, 0.4) is 0 Å². The van der Waals surface area contributed by atoms with Crippen LogP contribution in [-0.2, 0) is 0 Å². The zero-order valence-corrected chi connectivity index (χ0v) is 18.0. The lowest BCUT2D eigenvalue weighted by Crippen LogP contribution is -2.48. The van der Waals surface area contributed by atoms with Crippen LogP contribution >= 0.6 is 0 Å². The molecule has 0 N–H and O–H groups in total. The van der Waals surface area contributed by atoms with E-state index in [0.29, 0.717) is 42.2 Å². The molecule has 2 fully saturated rings. The molecule has 6 nitrogen and oxygen atoms in total. The average molecular weight is 411 g/mol. The Morgan fingerprint density at radius 2 is 1.83 bits per heavy atom. The van der Waals surface area contributed by atoms with Crippen LogP contribution in [0.15, 0.2) is 16.5 Å². The second-order valence-electron chi connectivity index (χ2n) is 9.04. The first kappa shape index (κ1) is 19.6. The molecular formula is C24H30N2O4. The maximum atomic E-state index is 13.3. The van der Waals surface area contributed by atoms with Crippen LogP contribution < -0.4 is 4.74 Å². The molecule has 2 aromatic rings. The molecule has 6 heteroatoms. The number of carbonyl (C=O) groups is 2. The Morgan fingerprint density at radius 3 is 2.53 bits per heavy atom. The van der Waals surface area contributed by atoms with Gasteiger partial charge in [-0.3, -0.25) is 9.59 Å². The van der Waals surface area contributed by atoms with Gasteiger partial charge in [0.2, 0.25) is 0 Å². The summed E-state index contributed by atoms with van der Waals surface area (Å²) in [5.41, 5.74) is 1.60. The summed E-state index contributed by atoms with van der Waals surface area (Å²) in [5, 5.41) is 0.749. The molecule has 1 spiro atoms. The van der Waals surface area contributed by atoms with Crippen molar-refractivity contribution in [2.45, 2.75) is 58.0 Å².